The Morgan fingerprint density at radius 1 is 1.23 bits per heavy atom. The van der Waals surface area contributed by atoms with E-state index in [2.05, 4.69) is 22.1 Å². The van der Waals surface area contributed by atoms with Crippen LogP contribution in [0.25, 0.3) is 0 Å². The lowest BCUT2D eigenvalue weighted by molar-refractivity contribution is -0.133. The predicted molar refractivity (Wildman–Crippen MR) is 106 cm³/mol. The van der Waals surface area contributed by atoms with E-state index in [4.69, 9.17) is 9.47 Å². The van der Waals surface area contributed by atoms with E-state index in [0.717, 1.165) is 49.5 Å². The lowest BCUT2D eigenvalue weighted by Crippen LogP contribution is -2.42. The summed E-state index contributed by atoms with van der Waals surface area (Å²) >= 11 is 0. The Labute approximate surface area is 174 Å². The number of benzene rings is 1. The first-order chi connectivity index (χ1) is 14.5. The van der Waals surface area contributed by atoms with Gasteiger partial charge in [0.15, 0.2) is 11.5 Å². The summed E-state index contributed by atoms with van der Waals surface area (Å²) in [4.78, 5) is 18.3. The highest BCUT2D eigenvalue weighted by Crippen LogP contribution is 2.36. The predicted octanol–water partition coefficient (Wildman–Crippen LogP) is 3.45. The first-order valence-corrected chi connectivity index (χ1v) is 10.1. The second-order valence-corrected chi connectivity index (χ2v) is 7.79. The number of nitrogens with zero attached hydrogens (tertiary/aromatic N) is 2. The van der Waals surface area contributed by atoms with E-state index in [1.165, 1.54) is 5.56 Å². The molecule has 2 aliphatic rings. The molecule has 1 aromatic heterocycles. The van der Waals surface area contributed by atoms with E-state index in [9.17, 15) is 13.6 Å². The van der Waals surface area contributed by atoms with E-state index in [1.54, 1.807) is 24.4 Å². The summed E-state index contributed by atoms with van der Waals surface area (Å²) in [5.74, 6) is 0.360. The van der Waals surface area contributed by atoms with Gasteiger partial charge in [0.05, 0.1) is 11.7 Å². The molecule has 0 bridgehead atoms. The molecule has 1 fully saturated rings. The number of likely N-dealkylation sites (tertiary alicyclic amines) is 1. The molecule has 1 saturated heterocycles. The zero-order valence-electron chi connectivity index (χ0n) is 16.8. The largest absolute Gasteiger partial charge is 0.454 e. The second kappa shape index (κ2) is 8.95. The minimum Gasteiger partial charge on any atom is -0.454 e. The molecular weight excluding hydrogens is 392 g/mol. The zero-order chi connectivity index (χ0) is 21.1. The maximum absolute atomic E-state index is 12.8. The summed E-state index contributed by atoms with van der Waals surface area (Å²) in [7, 11) is 0. The van der Waals surface area contributed by atoms with Gasteiger partial charge >= 0.3 is 6.43 Å². The summed E-state index contributed by atoms with van der Waals surface area (Å²) in [6.07, 6.45) is 0.155. The molecule has 8 heteroatoms. The van der Waals surface area contributed by atoms with Crippen molar-refractivity contribution in [3.05, 3.63) is 53.3 Å². The summed E-state index contributed by atoms with van der Waals surface area (Å²) in [6.45, 7) is 4.72. The molecule has 0 aliphatic carbocycles. The van der Waals surface area contributed by atoms with Crippen LogP contribution in [0.4, 0.5) is 8.78 Å². The van der Waals surface area contributed by atoms with Gasteiger partial charge in [-0.3, -0.25) is 14.7 Å². The number of hydrogen-bond acceptors (Lipinski definition) is 5. The van der Waals surface area contributed by atoms with Gasteiger partial charge in [-0.25, -0.2) is 0 Å². The Morgan fingerprint density at radius 3 is 2.63 bits per heavy atom. The fourth-order valence-electron chi connectivity index (χ4n) is 4.15. The van der Waals surface area contributed by atoms with Gasteiger partial charge in [-0.15, -0.1) is 0 Å². The summed E-state index contributed by atoms with van der Waals surface area (Å²) in [5, 5.41) is 2.50. The monoisotopic (exact) mass is 417 g/mol. The van der Waals surface area contributed by atoms with Crippen LogP contribution in [0, 0.1) is 12.8 Å². The van der Waals surface area contributed by atoms with Crippen LogP contribution >= 0.6 is 0 Å². The lowest BCUT2D eigenvalue weighted by atomic mass is 9.87. The Balaban J connectivity index is 1.41. The first kappa shape index (κ1) is 20.5. The van der Waals surface area contributed by atoms with Crippen molar-refractivity contribution in [2.45, 2.75) is 38.8 Å². The molecule has 30 heavy (non-hydrogen) atoms. The normalized spacial score (nSPS) is 17.9. The number of ether oxygens (including phenoxy) is 2. The van der Waals surface area contributed by atoms with E-state index in [1.807, 2.05) is 12.1 Å². The molecule has 0 saturated carbocycles. The third-order valence-corrected chi connectivity index (χ3v) is 5.83. The first-order valence-electron chi connectivity index (χ1n) is 10.1. The fourth-order valence-corrected chi connectivity index (χ4v) is 4.15. The number of amides is 1. The fraction of sp³-hybridized carbons (Fsp3) is 0.455. The highest BCUT2D eigenvalue weighted by Gasteiger charge is 2.31. The van der Waals surface area contributed by atoms with Crippen molar-refractivity contribution in [3.8, 4) is 11.5 Å². The van der Waals surface area contributed by atoms with Crippen LogP contribution < -0.4 is 14.8 Å². The molecule has 2 aromatic rings. The molecule has 2 aliphatic heterocycles. The maximum atomic E-state index is 12.8. The molecule has 4 rings (SSSR count). The molecule has 1 unspecified atom stereocenters. The third kappa shape index (κ3) is 4.53. The minimum atomic E-state index is -3.04. The van der Waals surface area contributed by atoms with Crippen molar-refractivity contribution < 1.29 is 23.0 Å². The number of hydrogen-bond donors (Lipinski definition) is 1. The molecule has 160 valence electrons. The van der Waals surface area contributed by atoms with Gasteiger partial charge in [0, 0.05) is 12.7 Å². The minimum absolute atomic E-state index is 0.0525. The van der Waals surface area contributed by atoms with Gasteiger partial charge in [0.25, 0.3) is 5.91 Å². The highest BCUT2D eigenvalue weighted by molar-refractivity contribution is 5.79. The maximum Gasteiger partial charge on any atom is 0.315 e. The van der Waals surface area contributed by atoms with Gasteiger partial charge in [-0.05, 0) is 74.2 Å². The van der Waals surface area contributed by atoms with Crippen LogP contribution in [0.3, 0.4) is 0 Å². The van der Waals surface area contributed by atoms with Crippen LogP contribution in [0.1, 0.15) is 35.7 Å². The van der Waals surface area contributed by atoms with Crippen LogP contribution in [0.5, 0.6) is 11.5 Å². The molecule has 3 heterocycles. The zero-order valence-corrected chi connectivity index (χ0v) is 16.8. The number of rotatable bonds is 6. The SMILES string of the molecule is Cc1cc2c(cc1CN1CCC(C(NC(=O)C(F)F)c3ccccn3)CC1)OCO2. The Bertz CT molecular complexity index is 887. The molecule has 1 amide bonds. The molecule has 1 N–H and O–H groups in total. The number of aryl methyl sites for hydroxylation is 1. The Morgan fingerprint density at radius 2 is 1.97 bits per heavy atom. The number of piperidine rings is 1. The van der Waals surface area contributed by atoms with Gasteiger partial charge in [0.2, 0.25) is 6.79 Å². The summed E-state index contributed by atoms with van der Waals surface area (Å²) < 4.78 is 36.6. The molecule has 0 radical (unpaired) electrons. The average Bonchev–Trinajstić information content (AvgIpc) is 3.20. The molecule has 1 atom stereocenters. The van der Waals surface area contributed by atoms with Gasteiger partial charge in [-0.1, -0.05) is 6.07 Å². The van der Waals surface area contributed by atoms with Gasteiger partial charge < -0.3 is 14.8 Å². The van der Waals surface area contributed by atoms with Gasteiger partial charge in [0.1, 0.15) is 0 Å². The van der Waals surface area contributed by atoms with E-state index in [0.29, 0.717) is 5.69 Å². The number of carbonyl (C=O) groups excluding carboxylic acids is 1. The molecular formula is C22H25F2N3O3. The van der Waals surface area contributed by atoms with Crippen LogP contribution in [0.15, 0.2) is 36.5 Å². The summed E-state index contributed by atoms with van der Waals surface area (Å²) in [5.41, 5.74) is 2.96. The molecule has 6 nitrogen and oxygen atoms in total. The number of pyridine rings is 1. The number of carbonyl (C=O) groups is 1. The number of fused-ring (bicyclic) bond motifs is 1. The number of halogens is 2. The quantitative estimate of drug-likeness (QED) is 0.780. The standard InChI is InChI=1S/C22H25F2N3O3/c1-14-10-18-19(30-13-29-18)11-16(14)12-27-8-5-15(6-9-27)20(26-22(28)21(23)24)17-4-2-3-7-25-17/h2-4,7,10-11,15,20-21H,5-6,8-9,12-13H2,1H3,(H,26,28). The van der Waals surface area contributed by atoms with Crippen LogP contribution in [-0.2, 0) is 11.3 Å². The smallest absolute Gasteiger partial charge is 0.315 e. The van der Waals surface area contributed by atoms with Gasteiger partial charge in [-0.2, -0.15) is 8.78 Å². The second-order valence-electron chi connectivity index (χ2n) is 7.79. The lowest BCUT2D eigenvalue weighted by Gasteiger charge is -2.36. The number of alkyl halides is 2. The van der Waals surface area contributed by atoms with Crippen LogP contribution in [-0.4, -0.2) is 42.1 Å². The van der Waals surface area contributed by atoms with Crippen molar-refractivity contribution in [1.29, 1.82) is 0 Å². The van der Waals surface area contributed by atoms with E-state index < -0.39 is 18.4 Å². The average molecular weight is 417 g/mol. The van der Waals surface area contributed by atoms with Crippen molar-refractivity contribution in [1.82, 2.24) is 15.2 Å². The third-order valence-electron chi connectivity index (χ3n) is 5.83. The Kier molecular flexibility index (Phi) is 6.13. The highest BCUT2D eigenvalue weighted by atomic mass is 19.3. The van der Waals surface area contributed by atoms with E-state index in [-0.39, 0.29) is 12.7 Å². The summed E-state index contributed by atoms with van der Waals surface area (Å²) in [6, 6.07) is 8.87. The number of nitrogens with one attached hydrogen (secondary N) is 1. The van der Waals surface area contributed by atoms with Crippen molar-refractivity contribution >= 4 is 5.91 Å². The molecule has 1 aromatic carbocycles. The van der Waals surface area contributed by atoms with Crippen LogP contribution in [0.2, 0.25) is 0 Å². The number of aromatic nitrogens is 1. The van der Waals surface area contributed by atoms with Crippen molar-refractivity contribution in [2.24, 2.45) is 5.92 Å². The topological polar surface area (TPSA) is 63.7 Å². The van der Waals surface area contributed by atoms with E-state index >= 15 is 0 Å². The Hall–Kier alpha value is -2.74. The molecule has 0 spiro atoms. The van der Waals surface area contributed by atoms with Crippen molar-refractivity contribution in [3.63, 3.8) is 0 Å². The van der Waals surface area contributed by atoms with Crippen molar-refractivity contribution in [2.75, 3.05) is 19.9 Å².